The molecule has 0 aromatic heterocycles. The molecule has 1 aromatic carbocycles. The molecule has 4 nitrogen and oxygen atoms in total. The number of hydrogen-bond acceptors (Lipinski definition) is 4. The van der Waals surface area contributed by atoms with Crippen molar-refractivity contribution < 1.29 is 14.3 Å². The third-order valence-electron chi connectivity index (χ3n) is 4.92. The van der Waals surface area contributed by atoms with E-state index in [1.807, 2.05) is 30.0 Å². The lowest BCUT2D eigenvalue weighted by atomic mass is 9.77. The second-order valence-corrected chi connectivity index (χ2v) is 5.82. The van der Waals surface area contributed by atoms with Crippen molar-refractivity contribution in [3.63, 3.8) is 0 Å². The molecule has 2 aliphatic heterocycles. The van der Waals surface area contributed by atoms with Crippen molar-refractivity contribution in [2.24, 2.45) is 0 Å². The second-order valence-electron chi connectivity index (χ2n) is 5.82. The Kier molecular flexibility index (Phi) is 3.57. The van der Waals surface area contributed by atoms with Crippen LogP contribution in [0.5, 0.6) is 0 Å². The zero-order valence-corrected chi connectivity index (χ0v) is 12.6. The standard InChI is InChI=1S/C17H21NO3/c1-3-21-16(20)17-12(2)14-7-5-4-6-13(14)8-10-18(17)11-9-15(17)19/h4-7,12H,3,8-11H2,1-2H3/t12-,17-/m0/s1. The Balaban J connectivity index is 2.14. The van der Waals surface area contributed by atoms with Crippen molar-refractivity contribution in [1.82, 2.24) is 4.90 Å². The molecule has 1 fully saturated rings. The van der Waals surface area contributed by atoms with E-state index in [-0.39, 0.29) is 17.7 Å². The molecule has 2 atom stereocenters. The summed E-state index contributed by atoms with van der Waals surface area (Å²) in [5.74, 6) is -0.549. The van der Waals surface area contributed by atoms with Crippen LogP contribution in [0.15, 0.2) is 24.3 Å². The lowest BCUT2D eigenvalue weighted by Gasteiger charge is -2.37. The molecule has 0 unspecified atom stereocenters. The largest absolute Gasteiger partial charge is 0.464 e. The van der Waals surface area contributed by atoms with Crippen LogP contribution in [-0.4, -0.2) is 41.9 Å². The van der Waals surface area contributed by atoms with E-state index in [0.29, 0.717) is 19.6 Å². The van der Waals surface area contributed by atoms with Gasteiger partial charge in [-0.1, -0.05) is 31.2 Å². The van der Waals surface area contributed by atoms with E-state index in [0.717, 1.165) is 18.5 Å². The SMILES string of the molecule is CCOC(=O)[C@]12C(=O)CCN1CCc1ccccc1[C@@H]2C. The Bertz CT molecular complexity index is 583. The number of ether oxygens (including phenoxy) is 1. The first-order valence-electron chi connectivity index (χ1n) is 7.65. The quantitative estimate of drug-likeness (QED) is 0.616. The van der Waals surface area contributed by atoms with Gasteiger partial charge in [-0.25, -0.2) is 4.79 Å². The number of nitrogens with zero attached hydrogens (tertiary/aromatic N) is 1. The van der Waals surface area contributed by atoms with Gasteiger partial charge in [-0.05, 0) is 24.5 Å². The highest BCUT2D eigenvalue weighted by Gasteiger charge is 2.60. The van der Waals surface area contributed by atoms with Gasteiger partial charge in [0.2, 0.25) is 0 Å². The molecule has 0 aliphatic carbocycles. The molecule has 0 bridgehead atoms. The van der Waals surface area contributed by atoms with Gasteiger partial charge in [-0.2, -0.15) is 0 Å². The summed E-state index contributed by atoms with van der Waals surface area (Å²) in [5.41, 5.74) is 1.21. The summed E-state index contributed by atoms with van der Waals surface area (Å²) in [5, 5.41) is 0. The maximum Gasteiger partial charge on any atom is 0.334 e. The van der Waals surface area contributed by atoms with Crippen LogP contribution in [0.4, 0.5) is 0 Å². The minimum Gasteiger partial charge on any atom is -0.464 e. The predicted octanol–water partition coefficient (Wildman–Crippen LogP) is 1.92. The molecule has 0 radical (unpaired) electrons. The molecule has 3 rings (SSSR count). The average molecular weight is 287 g/mol. The Morgan fingerprint density at radius 1 is 1.33 bits per heavy atom. The van der Waals surface area contributed by atoms with Gasteiger partial charge in [0, 0.05) is 25.4 Å². The number of rotatable bonds is 2. The number of ketones is 1. The fourth-order valence-electron chi connectivity index (χ4n) is 3.91. The van der Waals surface area contributed by atoms with Crippen molar-refractivity contribution in [3.8, 4) is 0 Å². The topological polar surface area (TPSA) is 46.6 Å². The molecule has 1 saturated heterocycles. The van der Waals surface area contributed by atoms with E-state index in [9.17, 15) is 9.59 Å². The van der Waals surface area contributed by atoms with Crippen LogP contribution in [0.1, 0.15) is 37.3 Å². The number of hydrogen-bond donors (Lipinski definition) is 0. The third kappa shape index (κ3) is 1.93. The monoisotopic (exact) mass is 287 g/mol. The summed E-state index contributed by atoms with van der Waals surface area (Å²) < 4.78 is 5.30. The van der Waals surface area contributed by atoms with E-state index in [2.05, 4.69) is 6.07 Å². The molecule has 2 aliphatic rings. The summed E-state index contributed by atoms with van der Waals surface area (Å²) in [4.78, 5) is 27.4. The smallest absolute Gasteiger partial charge is 0.334 e. The molecule has 112 valence electrons. The van der Waals surface area contributed by atoms with Gasteiger partial charge in [0.05, 0.1) is 6.61 Å². The fourth-order valence-corrected chi connectivity index (χ4v) is 3.91. The third-order valence-corrected chi connectivity index (χ3v) is 4.92. The maximum atomic E-state index is 12.7. The van der Waals surface area contributed by atoms with Gasteiger partial charge >= 0.3 is 5.97 Å². The van der Waals surface area contributed by atoms with E-state index in [1.165, 1.54) is 5.56 Å². The zero-order chi connectivity index (χ0) is 15.0. The molecular weight excluding hydrogens is 266 g/mol. The Morgan fingerprint density at radius 3 is 2.81 bits per heavy atom. The lowest BCUT2D eigenvalue weighted by molar-refractivity contribution is -0.160. The molecule has 0 amide bonds. The minimum absolute atomic E-state index is 0.00477. The number of fused-ring (bicyclic) bond motifs is 2. The molecule has 21 heavy (non-hydrogen) atoms. The van der Waals surface area contributed by atoms with Crippen LogP contribution < -0.4 is 0 Å². The summed E-state index contributed by atoms with van der Waals surface area (Å²) in [6.45, 7) is 5.45. The van der Waals surface area contributed by atoms with Crippen LogP contribution in [0, 0.1) is 0 Å². The molecule has 0 spiro atoms. The van der Waals surface area contributed by atoms with Gasteiger partial charge in [-0.3, -0.25) is 9.69 Å². The maximum absolute atomic E-state index is 12.7. The second kappa shape index (κ2) is 5.26. The number of Topliss-reactive ketones (excluding diaryl/α,β-unsaturated/α-hetero) is 1. The van der Waals surface area contributed by atoms with Crippen LogP contribution in [-0.2, 0) is 20.7 Å². The molecule has 4 heteroatoms. The van der Waals surface area contributed by atoms with Crippen LogP contribution in [0.3, 0.4) is 0 Å². The lowest BCUT2D eigenvalue weighted by Crippen LogP contribution is -2.58. The first-order valence-corrected chi connectivity index (χ1v) is 7.65. The van der Waals surface area contributed by atoms with Gasteiger partial charge in [0.15, 0.2) is 11.3 Å². The average Bonchev–Trinajstić information content (AvgIpc) is 2.76. The zero-order valence-electron chi connectivity index (χ0n) is 12.6. The molecule has 0 N–H and O–H groups in total. The van der Waals surface area contributed by atoms with Crippen molar-refractivity contribution in [1.29, 1.82) is 0 Å². The minimum atomic E-state index is -1.12. The summed E-state index contributed by atoms with van der Waals surface area (Å²) in [6, 6.07) is 8.12. The molecule has 1 aromatic rings. The Morgan fingerprint density at radius 2 is 2.05 bits per heavy atom. The van der Waals surface area contributed by atoms with Crippen molar-refractivity contribution >= 4 is 11.8 Å². The highest BCUT2D eigenvalue weighted by molar-refractivity contribution is 6.11. The summed E-state index contributed by atoms with van der Waals surface area (Å²) in [6.07, 6.45) is 1.31. The number of carbonyl (C=O) groups excluding carboxylic acids is 2. The van der Waals surface area contributed by atoms with Gasteiger partial charge in [0.1, 0.15) is 0 Å². The van der Waals surface area contributed by atoms with E-state index in [1.54, 1.807) is 6.92 Å². The van der Waals surface area contributed by atoms with Crippen molar-refractivity contribution in [3.05, 3.63) is 35.4 Å². The van der Waals surface area contributed by atoms with Crippen molar-refractivity contribution in [2.75, 3.05) is 19.7 Å². The highest BCUT2D eigenvalue weighted by atomic mass is 16.5. The van der Waals surface area contributed by atoms with Crippen LogP contribution in [0.2, 0.25) is 0 Å². The van der Waals surface area contributed by atoms with E-state index < -0.39 is 5.54 Å². The molecule has 0 saturated carbocycles. The Hall–Kier alpha value is -1.68. The van der Waals surface area contributed by atoms with E-state index >= 15 is 0 Å². The van der Waals surface area contributed by atoms with Gasteiger partial charge in [0.25, 0.3) is 0 Å². The number of carbonyl (C=O) groups is 2. The fraction of sp³-hybridized carbons (Fsp3) is 0.529. The number of esters is 1. The van der Waals surface area contributed by atoms with Gasteiger partial charge in [-0.15, -0.1) is 0 Å². The van der Waals surface area contributed by atoms with Crippen molar-refractivity contribution in [2.45, 2.75) is 38.1 Å². The van der Waals surface area contributed by atoms with E-state index in [4.69, 9.17) is 4.74 Å². The molecule has 2 heterocycles. The predicted molar refractivity (Wildman–Crippen MR) is 79.1 cm³/mol. The highest BCUT2D eigenvalue weighted by Crippen LogP contribution is 2.43. The first kappa shape index (κ1) is 14.3. The number of benzene rings is 1. The molecular formula is C17H21NO3. The van der Waals surface area contributed by atoms with Crippen LogP contribution >= 0.6 is 0 Å². The summed E-state index contributed by atoms with van der Waals surface area (Å²) in [7, 11) is 0. The van der Waals surface area contributed by atoms with Crippen LogP contribution in [0.25, 0.3) is 0 Å². The summed E-state index contributed by atoms with van der Waals surface area (Å²) >= 11 is 0. The first-order chi connectivity index (χ1) is 10.1. The Labute approximate surface area is 125 Å². The van der Waals surface area contributed by atoms with Gasteiger partial charge < -0.3 is 4.74 Å². The normalized spacial score (nSPS) is 28.7.